The fraction of sp³-hybridized carbons (Fsp3) is 0.308. The average Bonchev–Trinajstić information content (AvgIpc) is 2.26. The summed E-state index contributed by atoms with van der Waals surface area (Å²) in [7, 11) is 0. The van der Waals surface area contributed by atoms with Crippen molar-refractivity contribution in [2.45, 2.75) is 19.8 Å². The number of nitrogens with one attached hydrogen (secondary N) is 1. The quantitative estimate of drug-likeness (QED) is 0.749. The highest BCUT2D eigenvalue weighted by Crippen LogP contribution is 2.18. The molecule has 0 aliphatic rings. The minimum absolute atomic E-state index is 0.463. The van der Waals surface area contributed by atoms with Crippen LogP contribution in [-0.4, -0.2) is 17.6 Å². The number of benzene rings is 1. The number of carboxylic acids is 1. The van der Waals surface area contributed by atoms with Crippen LogP contribution in [0, 0.1) is 0 Å². The first-order valence-corrected chi connectivity index (χ1v) is 5.21. The summed E-state index contributed by atoms with van der Waals surface area (Å²) >= 11 is 0. The zero-order chi connectivity index (χ0) is 12.1. The van der Waals surface area contributed by atoms with Crippen molar-refractivity contribution < 1.29 is 9.90 Å². The summed E-state index contributed by atoms with van der Waals surface area (Å²) in [5.74, 6) is -1.27. The predicted molar refractivity (Wildman–Crippen MR) is 65.8 cm³/mol. The lowest BCUT2D eigenvalue weighted by Gasteiger charge is -2.09. The molecule has 1 aromatic carbocycles. The normalized spacial score (nSPS) is 11.9. The van der Waals surface area contributed by atoms with Crippen LogP contribution >= 0.6 is 0 Å². The number of carbonyl (C=O) groups is 1. The van der Waals surface area contributed by atoms with Gasteiger partial charge < -0.3 is 10.4 Å². The fourth-order valence-electron chi connectivity index (χ4n) is 1.29. The Kier molecular flexibility index (Phi) is 4.11. The van der Waals surface area contributed by atoms with E-state index in [0.717, 1.165) is 23.4 Å². The number of hydrogen-bond acceptors (Lipinski definition) is 2. The van der Waals surface area contributed by atoms with Gasteiger partial charge in [0.15, 0.2) is 0 Å². The van der Waals surface area contributed by atoms with Crippen LogP contribution in [0.2, 0.25) is 0 Å². The first kappa shape index (κ1) is 12.3. The molecule has 0 spiro atoms. The molecular formula is C13H17NO2. The van der Waals surface area contributed by atoms with E-state index in [1.54, 1.807) is 6.92 Å². The van der Waals surface area contributed by atoms with Gasteiger partial charge in [0.2, 0.25) is 0 Å². The van der Waals surface area contributed by atoms with Gasteiger partial charge in [-0.1, -0.05) is 24.3 Å². The molecule has 0 heterocycles. The first-order valence-electron chi connectivity index (χ1n) is 5.21. The summed E-state index contributed by atoms with van der Waals surface area (Å²) in [5, 5.41) is 12.0. The van der Waals surface area contributed by atoms with Gasteiger partial charge in [-0.25, -0.2) is 0 Å². The Hall–Kier alpha value is -1.77. The molecule has 1 atom stereocenters. The Morgan fingerprint density at radius 1 is 1.44 bits per heavy atom. The molecule has 0 radical (unpaired) electrons. The summed E-state index contributed by atoms with van der Waals surface area (Å²) in [6.45, 7) is 8.16. The zero-order valence-electron chi connectivity index (χ0n) is 9.66. The van der Waals surface area contributed by atoms with Gasteiger partial charge in [0, 0.05) is 12.2 Å². The molecule has 0 aromatic heterocycles. The number of hydrogen-bond donors (Lipinski definition) is 2. The van der Waals surface area contributed by atoms with Gasteiger partial charge in [-0.15, -0.1) is 0 Å². The van der Waals surface area contributed by atoms with Crippen LogP contribution in [0.15, 0.2) is 36.4 Å². The van der Waals surface area contributed by atoms with E-state index in [1.165, 1.54) is 0 Å². The maximum absolute atomic E-state index is 10.8. The van der Waals surface area contributed by atoms with Crippen molar-refractivity contribution in [2.24, 2.45) is 0 Å². The van der Waals surface area contributed by atoms with Gasteiger partial charge >= 0.3 is 5.97 Å². The van der Waals surface area contributed by atoms with Crippen LogP contribution in [0.4, 0.5) is 5.69 Å². The molecular weight excluding hydrogens is 202 g/mol. The Morgan fingerprint density at radius 2 is 2.00 bits per heavy atom. The number of anilines is 1. The molecule has 0 amide bonds. The molecule has 3 heteroatoms. The fourth-order valence-corrected chi connectivity index (χ4v) is 1.29. The smallest absolute Gasteiger partial charge is 0.310 e. The van der Waals surface area contributed by atoms with Crippen molar-refractivity contribution in [2.75, 3.05) is 11.9 Å². The van der Waals surface area contributed by atoms with E-state index >= 15 is 0 Å². The molecule has 1 unspecified atom stereocenters. The molecule has 16 heavy (non-hydrogen) atoms. The SMILES string of the molecule is C=C(C)CNc1ccc(C(C)C(=O)O)cc1. The number of carboxylic acid groups (broad SMARTS) is 1. The summed E-state index contributed by atoms with van der Waals surface area (Å²) in [5.41, 5.74) is 2.85. The zero-order valence-corrected chi connectivity index (χ0v) is 9.66. The third-order valence-electron chi connectivity index (χ3n) is 2.38. The van der Waals surface area contributed by atoms with Crippen molar-refractivity contribution in [3.05, 3.63) is 42.0 Å². The van der Waals surface area contributed by atoms with E-state index in [9.17, 15) is 4.79 Å². The minimum Gasteiger partial charge on any atom is -0.481 e. The minimum atomic E-state index is -0.803. The maximum atomic E-state index is 10.8. The largest absolute Gasteiger partial charge is 0.481 e. The molecule has 0 fully saturated rings. The Labute approximate surface area is 95.8 Å². The van der Waals surface area contributed by atoms with E-state index in [-0.39, 0.29) is 0 Å². The highest BCUT2D eigenvalue weighted by Gasteiger charge is 2.12. The highest BCUT2D eigenvalue weighted by atomic mass is 16.4. The Balaban J connectivity index is 2.67. The molecule has 0 aliphatic heterocycles. The van der Waals surface area contributed by atoms with Crippen LogP contribution < -0.4 is 5.32 Å². The summed E-state index contributed by atoms with van der Waals surface area (Å²) in [4.78, 5) is 10.8. The maximum Gasteiger partial charge on any atom is 0.310 e. The second kappa shape index (κ2) is 5.35. The van der Waals surface area contributed by atoms with E-state index in [4.69, 9.17) is 5.11 Å². The second-order valence-electron chi connectivity index (χ2n) is 3.99. The third-order valence-corrected chi connectivity index (χ3v) is 2.38. The summed E-state index contributed by atoms with van der Waals surface area (Å²) in [6.07, 6.45) is 0. The Morgan fingerprint density at radius 3 is 2.44 bits per heavy atom. The van der Waals surface area contributed by atoms with Crippen LogP contribution in [0.1, 0.15) is 25.3 Å². The van der Waals surface area contributed by atoms with E-state index < -0.39 is 11.9 Å². The van der Waals surface area contributed by atoms with Crippen LogP contribution in [0.5, 0.6) is 0 Å². The average molecular weight is 219 g/mol. The van der Waals surface area contributed by atoms with Crippen LogP contribution in [-0.2, 0) is 4.79 Å². The molecule has 0 bridgehead atoms. The van der Waals surface area contributed by atoms with Gasteiger partial charge in [-0.2, -0.15) is 0 Å². The van der Waals surface area contributed by atoms with Crippen molar-refractivity contribution >= 4 is 11.7 Å². The number of rotatable bonds is 5. The third kappa shape index (κ3) is 3.42. The van der Waals surface area contributed by atoms with Crippen molar-refractivity contribution in [3.63, 3.8) is 0 Å². The Bertz CT molecular complexity index is 381. The standard InChI is InChI=1S/C13H17NO2/c1-9(2)8-14-12-6-4-11(5-7-12)10(3)13(15)16/h4-7,10,14H,1,8H2,2-3H3,(H,15,16). The predicted octanol–water partition coefficient (Wildman–Crippen LogP) is 2.86. The van der Waals surface area contributed by atoms with Gasteiger partial charge in [0.05, 0.1) is 5.92 Å². The molecule has 0 aliphatic carbocycles. The first-order chi connectivity index (χ1) is 7.50. The number of aliphatic carboxylic acids is 1. The van der Waals surface area contributed by atoms with Gasteiger partial charge in [-0.3, -0.25) is 4.79 Å². The molecule has 1 aromatic rings. The van der Waals surface area contributed by atoms with Gasteiger partial charge in [0.25, 0.3) is 0 Å². The van der Waals surface area contributed by atoms with Gasteiger partial charge in [0.1, 0.15) is 0 Å². The lowest BCUT2D eigenvalue weighted by atomic mass is 10.0. The highest BCUT2D eigenvalue weighted by molar-refractivity contribution is 5.75. The molecule has 3 nitrogen and oxygen atoms in total. The topological polar surface area (TPSA) is 49.3 Å². The lowest BCUT2D eigenvalue weighted by molar-refractivity contribution is -0.138. The summed E-state index contributed by atoms with van der Waals surface area (Å²) < 4.78 is 0. The molecule has 86 valence electrons. The molecule has 0 saturated heterocycles. The van der Waals surface area contributed by atoms with E-state index in [1.807, 2.05) is 31.2 Å². The van der Waals surface area contributed by atoms with Crippen LogP contribution in [0.25, 0.3) is 0 Å². The van der Waals surface area contributed by atoms with Crippen molar-refractivity contribution in [1.82, 2.24) is 0 Å². The van der Waals surface area contributed by atoms with Crippen LogP contribution in [0.3, 0.4) is 0 Å². The van der Waals surface area contributed by atoms with E-state index in [2.05, 4.69) is 11.9 Å². The van der Waals surface area contributed by atoms with E-state index in [0.29, 0.717) is 0 Å². The monoisotopic (exact) mass is 219 g/mol. The molecule has 2 N–H and O–H groups in total. The lowest BCUT2D eigenvalue weighted by Crippen LogP contribution is -2.07. The molecule has 0 saturated carbocycles. The van der Waals surface area contributed by atoms with Gasteiger partial charge in [-0.05, 0) is 31.5 Å². The molecule has 1 rings (SSSR count). The van der Waals surface area contributed by atoms with Crippen molar-refractivity contribution in [3.8, 4) is 0 Å². The summed E-state index contributed by atoms with van der Waals surface area (Å²) in [6, 6.07) is 7.44. The second-order valence-corrected chi connectivity index (χ2v) is 3.99. The van der Waals surface area contributed by atoms with Crippen molar-refractivity contribution in [1.29, 1.82) is 0 Å².